The Morgan fingerprint density at radius 2 is 1.85 bits per heavy atom. The van der Waals surface area contributed by atoms with Crippen LogP contribution in [0.3, 0.4) is 0 Å². The number of carboxylic acids is 1. The van der Waals surface area contributed by atoms with Crippen molar-refractivity contribution >= 4 is 34.4 Å². The molecule has 2 fully saturated rings. The molecule has 10 heteroatoms. The fourth-order valence-corrected chi connectivity index (χ4v) is 4.02. The normalized spacial score (nSPS) is 16.1. The molecule has 1 saturated carbocycles. The summed E-state index contributed by atoms with van der Waals surface area (Å²) in [5.74, 6) is -2.56. The molecule has 1 aromatic carbocycles. The van der Waals surface area contributed by atoms with E-state index in [4.69, 9.17) is 0 Å². The third kappa shape index (κ3) is 4.46. The Morgan fingerprint density at radius 3 is 2.42 bits per heavy atom. The Hall–Kier alpha value is -3.69. The summed E-state index contributed by atoms with van der Waals surface area (Å²) in [7, 11) is 0. The highest BCUT2D eigenvalue weighted by Crippen LogP contribution is 2.38. The van der Waals surface area contributed by atoms with Gasteiger partial charge in [0.2, 0.25) is 17.2 Å². The van der Waals surface area contributed by atoms with Gasteiger partial charge in [-0.15, -0.1) is 0 Å². The van der Waals surface area contributed by atoms with Gasteiger partial charge in [-0.2, -0.15) is 0 Å². The number of fused-ring (bicyclic) bond motifs is 1. The quantitative estimate of drug-likeness (QED) is 0.638. The summed E-state index contributed by atoms with van der Waals surface area (Å²) in [6.45, 7) is 6.42. The van der Waals surface area contributed by atoms with Crippen LogP contribution in [-0.4, -0.2) is 65.1 Å². The Balaban J connectivity index is 1.55. The molecule has 9 nitrogen and oxygen atoms in total. The number of aromatic carboxylic acids is 1. The molecule has 2 amide bonds. The summed E-state index contributed by atoms with van der Waals surface area (Å²) in [4.78, 5) is 51.5. The van der Waals surface area contributed by atoms with Crippen LogP contribution in [0.2, 0.25) is 0 Å². The summed E-state index contributed by atoms with van der Waals surface area (Å²) in [5.41, 5.74) is 0.0611. The lowest BCUT2D eigenvalue weighted by Gasteiger charge is -2.36. The van der Waals surface area contributed by atoms with Crippen LogP contribution in [-0.2, 0) is 9.59 Å². The Bertz CT molecular complexity index is 1230. The minimum Gasteiger partial charge on any atom is -0.477 e. The van der Waals surface area contributed by atoms with Gasteiger partial charge in [0.15, 0.2) is 0 Å². The fourth-order valence-electron chi connectivity index (χ4n) is 4.02. The van der Waals surface area contributed by atoms with E-state index in [1.165, 1.54) is 6.20 Å². The Kier molecular flexibility index (Phi) is 5.92. The lowest BCUT2D eigenvalue weighted by atomic mass is 10.1. The molecule has 0 spiro atoms. The minimum absolute atomic E-state index is 0.0464. The second-order valence-electron chi connectivity index (χ2n) is 8.47. The number of amides is 2. The van der Waals surface area contributed by atoms with Crippen molar-refractivity contribution in [1.29, 1.82) is 0 Å². The van der Waals surface area contributed by atoms with E-state index in [0.29, 0.717) is 43.0 Å². The molecule has 1 saturated heterocycles. The van der Waals surface area contributed by atoms with Crippen molar-refractivity contribution in [2.24, 2.45) is 0 Å². The molecule has 0 unspecified atom stereocenters. The van der Waals surface area contributed by atoms with Crippen LogP contribution in [0.5, 0.6) is 0 Å². The lowest BCUT2D eigenvalue weighted by molar-refractivity contribution is -0.132. The second kappa shape index (κ2) is 8.68. The third-order valence-corrected chi connectivity index (χ3v) is 6.03. The van der Waals surface area contributed by atoms with Gasteiger partial charge in [0.25, 0.3) is 0 Å². The van der Waals surface area contributed by atoms with Crippen LogP contribution in [0, 0.1) is 5.82 Å². The number of pyridine rings is 1. The van der Waals surface area contributed by atoms with E-state index < -0.39 is 17.2 Å². The molecule has 0 atom stereocenters. The molecule has 1 aliphatic heterocycles. The number of benzene rings is 1. The van der Waals surface area contributed by atoms with Gasteiger partial charge in [-0.05, 0) is 31.9 Å². The molecular weight excluding hydrogens is 431 g/mol. The SMILES string of the molecule is C=C(C)C(=O)NCC(=O)N1CCN(c2cc3c(cc2F)c(=O)c(C(=O)O)cn3C2CC2)CC1. The smallest absolute Gasteiger partial charge is 0.341 e. The van der Waals surface area contributed by atoms with Crippen LogP contribution in [0.4, 0.5) is 10.1 Å². The topological polar surface area (TPSA) is 112 Å². The molecule has 2 aromatic rings. The van der Waals surface area contributed by atoms with Gasteiger partial charge in [-0.25, -0.2) is 9.18 Å². The van der Waals surface area contributed by atoms with E-state index in [-0.39, 0.29) is 35.4 Å². The van der Waals surface area contributed by atoms with E-state index in [1.54, 1.807) is 27.4 Å². The van der Waals surface area contributed by atoms with Gasteiger partial charge in [-0.3, -0.25) is 14.4 Å². The van der Waals surface area contributed by atoms with Crippen molar-refractivity contribution < 1.29 is 23.9 Å². The predicted octanol–water partition coefficient (Wildman–Crippen LogP) is 1.51. The highest BCUT2D eigenvalue weighted by atomic mass is 19.1. The number of carboxylic acid groups (broad SMARTS) is 1. The maximum absolute atomic E-state index is 15.0. The zero-order valence-corrected chi connectivity index (χ0v) is 18.3. The number of anilines is 1. The van der Waals surface area contributed by atoms with Gasteiger partial charge >= 0.3 is 5.97 Å². The molecule has 1 aliphatic carbocycles. The molecule has 0 radical (unpaired) electrons. The predicted molar refractivity (Wildman–Crippen MR) is 120 cm³/mol. The first-order valence-corrected chi connectivity index (χ1v) is 10.8. The molecule has 4 rings (SSSR count). The minimum atomic E-state index is -1.33. The molecule has 0 bridgehead atoms. The Labute approximate surface area is 189 Å². The molecule has 2 aliphatic rings. The number of rotatable bonds is 6. The zero-order valence-electron chi connectivity index (χ0n) is 18.3. The van der Waals surface area contributed by atoms with Crippen molar-refractivity contribution in [3.8, 4) is 0 Å². The summed E-state index contributed by atoms with van der Waals surface area (Å²) in [6, 6.07) is 2.80. The van der Waals surface area contributed by atoms with E-state index in [2.05, 4.69) is 11.9 Å². The number of nitrogens with zero attached hydrogens (tertiary/aromatic N) is 3. The third-order valence-electron chi connectivity index (χ3n) is 6.03. The molecule has 33 heavy (non-hydrogen) atoms. The lowest BCUT2D eigenvalue weighted by Crippen LogP contribution is -2.51. The van der Waals surface area contributed by atoms with Crippen LogP contribution in [0.15, 0.2) is 35.3 Å². The van der Waals surface area contributed by atoms with Crippen LogP contribution < -0.4 is 15.6 Å². The summed E-state index contributed by atoms with van der Waals surface area (Å²) >= 11 is 0. The first-order valence-electron chi connectivity index (χ1n) is 10.8. The monoisotopic (exact) mass is 456 g/mol. The van der Waals surface area contributed by atoms with E-state index in [9.17, 15) is 24.3 Å². The van der Waals surface area contributed by atoms with Gasteiger partial charge in [0.1, 0.15) is 11.4 Å². The molecular formula is C23H25FN4O5. The maximum atomic E-state index is 15.0. The standard InChI is InChI=1S/C23H25FN4O5/c1-13(2)22(31)25-11-20(29)27-7-5-26(6-8-27)19-10-18-15(9-17(19)24)21(30)16(23(32)33)12-28(18)14-3-4-14/h9-10,12,14H,1,3-8,11H2,2H3,(H,25,31)(H,32,33). The first kappa shape index (κ1) is 22.5. The summed E-state index contributed by atoms with van der Waals surface area (Å²) in [6.07, 6.45) is 3.08. The van der Waals surface area contributed by atoms with E-state index in [1.807, 2.05) is 0 Å². The number of aromatic nitrogens is 1. The molecule has 1 aromatic heterocycles. The van der Waals surface area contributed by atoms with Crippen LogP contribution >= 0.6 is 0 Å². The van der Waals surface area contributed by atoms with Gasteiger partial charge < -0.3 is 24.8 Å². The number of carbonyl (C=O) groups is 3. The molecule has 174 valence electrons. The highest BCUT2D eigenvalue weighted by Gasteiger charge is 2.29. The van der Waals surface area contributed by atoms with Gasteiger partial charge in [-0.1, -0.05) is 6.58 Å². The van der Waals surface area contributed by atoms with Crippen molar-refractivity contribution in [3.63, 3.8) is 0 Å². The van der Waals surface area contributed by atoms with Crippen LogP contribution in [0.1, 0.15) is 36.2 Å². The van der Waals surface area contributed by atoms with E-state index >= 15 is 4.39 Å². The van der Waals surface area contributed by atoms with Gasteiger partial charge in [0, 0.05) is 49.4 Å². The Morgan fingerprint density at radius 1 is 1.18 bits per heavy atom. The number of hydrogen-bond acceptors (Lipinski definition) is 5. The summed E-state index contributed by atoms with van der Waals surface area (Å²) < 4.78 is 16.8. The van der Waals surface area contributed by atoms with Gasteiger partial charge in [0.05, 0.1) is 17.7 Å². The summed E-state index contributed by atoms with van der Waals surface area (Å²) in [5, 5.41) is 11.9. The average Bonchev–Trinajstić information content (AvgIpc) is 3.62. The van der Waals surface area contributed by atoms with Crippen molar-refractivity contribution in [3.05, 3.63) is 52.1 Å². The largest absolute Gasteiger partial charge is 0.477 e. The first-order chi connectivity index (χ1) is 15.7. The van der Waals surface area contributed by atoms with Crippen molar-refractivity contribution in [2.45, 2.75) is 25.8 Å². The van der Waals surface area contributed by atoms with Crippen LogP contribution in [0.25, 0.3) is 10.9 Å². The fraction of sp³-hybridized carbons (Fsp3) is 0.391. The van der Waals surface area contributed by atoms with Crippen molar-refractivity contribution in [2.75, 3.05) is 37.6 Å². The number of piperazine rings is 1. The van der Waals surface area contributed by atoms with Crippen molar-refractivity contribution in [1.82, 2.24) is 14.8 Å². The number of carbonyl (C=O) groups excluding carboxylic acids is 2. The average molecular weight is 456 g/mol. The number of nitrogens with one attached hydrogen (secondary N) is 1. The molecule has 2 heterocycles. The second-order valence-corrected chi connectivity index (χ2v) is 8.47. The number of hydrogen-bond donors (Lipinski definition) is 2. The van der Waals surface area contributed by atoms with E-state index in [0.717, 1.165) is 18.9 Å². The maximum Gasteiger partial charge on any atom is 0.341 e. The number of halogens is 1. The molecule has 2 N–H and O–H groups in total. The zero-order chi connectivity index (χ0) is 23.9. The highest BCUT2D eigenvalue weighted by molar-refractivity contribution is 5.95.